The molecule has 0 fully saturated rings. The number of hydrogen-bond donors (Lipinski definition) is 2. The van der Waals surface area contributed by atoms with Crippen LogP contribution in [0.2, 0.25) is 0 Å². The van der Waals surface area contributed by atoms with E-state index < -0.39 is 0 Å². The van der Waals surface area contributed by atoms with E-state index in [0.717, 1.165) is 15.1 Å². The monoisotopic (exact) mass is 363 g/mol. The summed E-state index contributed by atoms with van der Waals surface area (Å²) in [5.41, 5.74) is 6.16. The van der Waals surface area contributed by atoms with Gasteiger partial charge in [0.2, 0.25) is 11.0 Å². The van der Waals surface area contributed by atoms with Crippen molar-refractivity contribution in [2.75, 3.05) is 18.3 Å². The molecular weight excluding hydrogens is 349 g/mol. The molecule has 5 nitrogen and oxygen atoms in total. The van der Waals surface area contributed by atoms with Gasteiger partial charge in [-0.2, -0.15) is 0 Å². The molecule has 1 amide bonds. The Bertz CT molecular complexity index is 852. The smallest absolute Gasteiger partial charge is 0.248 e. The summed E-state index contributed by atoms with van der Waals surface area (Å²) in [5.74, 6) is 0.412. The van der Waals surface area contributed by atoms with Crippen LogP contribution in [0, 0.1) is 5.82 Å². The number of methoxy groups -OCH3 is 1. The van der Waals surface area contributed by atoms with Gasteiger partial charge in [-0.05, 0) is 36.4 Å². The van der Waals surface area contributed by atoms with Crippen molar-refractivity contribution in [1.82, 2.24) is 10.4 Å². The fraction of sp³-hybridized carbons (Fsp3) is 0.125. The third-order valence-corrected chi connectivity index (χ3v) is 5.04. The van der Waals surface area contributed by atoms with E-state index in [4.69, 9.17) is 4.74 Å². The van der Waals surface area contributed by atoms with Gasteiger partial charge in [0.15, 0.2) is 0 Å². The Labute approximate surface area is 146 Å². The highest BCUT2D eigenvalue weighted by molar-refractivity contribution is 8.00. The number of carbonyl (C=O) groups excluding carboxylic acids is 1. The number of anilines is 1. The van der Waals surface area contributed by atoms with Crippen LogP contribution in [0.3, 0.4) is 0 Å². The molecule has 8 heteroatoms. The number of fused-ring (bicyclic) bond motifs is 1. The summed E-state index contributed by atoms with van der Waals surface area (Å²) >= 11 is 2.75. The minimum atomic E-state index is -0.295. The number of carbonyl (C=O) groups is 1. The number of thiazole rings is 1. The maximum atomic E-state index is 12.8. The highest BCUT2D eigenvalue weighted by atomic mass is 32.2. The SMILES string of the molecule is COc1cccc2sc(NNC(=O)CSc3ccc(F)cc3)nc12. The Balaban J connectivity index is 1.55. The van der Waals surface area contributed by atoms with Crippen molar-refractivity contribution in [3.8, 4) is 5.75 Å². The molecule has 1 aromatic heterocycles. The number of amides is 1. The molecule has 0 radical (unpaired) electrons. The lowest BCUT2D eigenvalue weighted by Gasteiger charge is -2.05. The Morgan fingerprint density at radius 2 is 2.08 bits per heavy atom. The van der Waals surface area contributed by atoms with Gasteiger partial charge in [-0.1, -0.05) is 17.4 Å². The number of nitrogens with one attached hydrogen (secondary N) is 2. The van der Waals surface area contributed by atoms with Crippen LogP contribution in [0.25, 0.3) is 10.2 Å². The Morgan fingerprint density at radius 3 is 2.83 bits per heavy atom. The average Bonchev–Trinajstić information content (AvgIpc) is 3.02. The number of rotatable bonds is 6. The Kier molecular flexibility index (Phi) is 5.17. The first-order chi connectivity index (χ1) is 11.7. The predicted molar refractivity (Wildman–Crippen MR) is 95.1 cm³/mol. The quantitative estimate of drug-likeness (QED) is 0.517. The topological polar surface area (TPSA) is 63.2 Å². The molecule has 2 N–H and O–H groups in total. The van der Waals surface area contributed by atoms with Crippen molar-refractivity contribution >= 4 is 44.4 Å². The lowest BCUT2D eigenvalue weighted by atomic mass is 10.3. The maximum Gasteiger partial charge on any atom is 0.248 e. The van der Waals surface area contributed by atoms with E-state index in [9.17, 15) is 9.18 Å². The summed E-state index contributed by atoms with van der Waals surface area (Å²) in [6.07, 6.45) is 0. The summed E-state index contributed by atoms with van der Waals surface area (Å²) in [6.45, 7) is 0. The highest BCUT2D eigenvalue weighted by Gasteiger charge is 2.09. The summed E-state index contributed by atoms with van der Waals surface area (Å²) in [7, 11) is 1.59. The first-order valence-corrected chi connectivity index (χ1v) is 8.82. The van der Waals surface area contributed by atoms with E-state index in [-0.39, 0.29) is 17.5 Å². The molecule has 0 saturated heterocycles. The molecule has 1 heterocycles. The van der Waals surface area contributed by atoms with Gasteiger partial charge in [-0.3, -0.25) is 15.6 Å². The van der Waals surface area contributed by atoms with Crippen molar-refractivity contribution < 1.29 is 13.9 Å². The molecule has 0 spiro atoms. The summed E-state index contributed by atoms with van der Waals surface area (Å²) in [4.78, 5) is 17.1. The van der Waals surface area contributed by atoms with Crippen molar-refractivity contribution in [2.45, 2.75) is 4.90 Å². The zero-order chi connectivity index (χ0) is 16.9. The van der Waals surface area contributed by atoms with Crippen LogP contribution in [-0.2, 0) is 4.79 Å². The second-order valence-corrected chi connectivity index (χ2v) is 6.82. The second-order valence-electron chi connectivity index (χ2n) is 4.74. The van der Waals surface area contributed by atoms with E-state index in [1.54, 1.807) is 19.2 Å². The van der Waals surface area contributed by atoms with Crippen LogP contribution in [0.1, 0.15) is 0 Å². The van der Waals surface area contributed by atoms with E-state index >= 15 is 0 Å². The molecule has 0 aliphatic rings. The fourth-order valence-electron chi connectivity index (χ4n) is 1.98. The third-order valence-electron chi connectivity index (χ3n) is 3.09. The van der Waals surface area contributed by atoms with Crippen LogP contribution in [0.4, 0.5) is 9.52 Å². The van der Waals surface area contributed by atoms with Gasteiger partial charge in [0, 0.05) is 4.90 Å². The molecule has 124 valence electrons. The van der Waals surface area contributed by atoms with Crippen LogP contribution >= 0.6 is 23.1 Å². The molecule has 0 bridgehead atoms. The van der Waals surface area contributed by atoms with Gasteiger partial charge >= 0.3 is 0 Å². The van der Waals surface area contributed by atoms with Crippen LogP contribution in [0.15, 0.2) is 47.4 Å². The number of halogens is 1. The van der Waals surface area contributed by atoms with Crippen LogP contribution in [-0.4, -0.2) is 23.8 Å². The Morgan fingerprint density at radius 1 is 1.29 bits per heavy atom. The summed E-state index contributed by atoms with van der Waals surface area (Å²) in [5, 5.41) is 0.578. The molecule has 24 heavy (non-hydrogen) atoms. The van der Waals surface area contributed by atoms with Crippen LogP contribution in [0.5, 0.6) is 5.75 Å². The van der Waals surface area contributed by atoms with Crippen molar-refractivity contribution in [1.29, 1.82) is 0 Å². The Hall–Kier alpha value is -2.32. The zero-order valence-corrected chi connectivity index (χ0v) is 14.3. The second kappa shape index (κ2) is 7.50. The number of para-hydroxylation sites is 1. The minimum absolute atomic E-state index is 0.199. The molecule has 3 rings (SSSR count). The molecule has 0 unspecified atom stereocenters. The number of hydrazine groups is 1. The van der Waals surface area contributed by atoms with Gasteiger partial charge in [0.1, 0.15) is 17.1 Å². The molecule has 0 aliphatic heterocycles. The first-order valence-electron chi connectivity index (χ1n) is 7.02. The summed E-state index contributed by atoms with van der Waals surface area (Å²) in [6, 6.07) is 11.7. The molecule has 0 aliphatic carbocycles. The van der Waals surface area contributed by atoms with Gasteiger partial charge in [-0.25, -0.2) is 9.37 Å². The lowest BCUT2D eigenvalue weighted by molar-refractivity contribution is -0.118. The molecule has 0 saturated carbocycles. The molecule has 2 aromatic carbocycles. The number of hydrogen-bond acceptors (Lipinski definition) is 6. The largest absolute Gasteiger partial charge is 0.494 e. The number of aromatic nitrogens is 1. The average molecular weight is 363 g/mol. The van der Waals surface area contributed by atoms with E-state index in [1.807, 2.05) is 18.2 Å². The van der Waals surface area contributed by atoms with Crippen molar-refractivity contribution in [3.05, 3.63) is 48.3 Å². The van der Waals surface area contributed by atoms with Crippen molar-refractivity contribution in [2.24, 2.45) is 0 Å². The van der Waals surface area contributed by atoms with Gasteiger partial charge in [0.25, 0.3) is 0 Å². The molecule has 0 atom stereocenters. The summed E-state index contributed by atoms with van der Waals surface area (Å²) < 4.78 is 19.0. The first kappa shape index (κ1) is 16.5. The number of benzene rings is 2. The fourth-order valence-corrected chi connectivity index (χ4v) is 3.52. The van der Waals surface area contributed by atoms with Gasteiger partial charge < -0.3 is 4.74 Å². The number of thioether (sulfide) groups is 1. The third kappa shape index (κ3) is 3.95. The van der Waals surface area contributed by atoms with E-state index in [1.165, 1.54) is 35.2 Å². The van der Waals surface area contributed by atoms with E-state index in [0.29, 0.717) is 10.9 Å². The van der Waals surface area contributed by atoms with Gasteiger partial charge in [0.05, 0.1) is 17.6 Å². The van der Waals surface area contributed by atoms with Crippen molar-refractivity contribution in [3.63, 3.8) is 0 Å². The highest BCUT2D eigenvalue weighted by Crippen LogP contribution is 2.31. The normalized spacial score (nSPS) is 10.6. The molecular formula is C16H14FN3O2S2. The number of ether oxygens (including phenoxy) is 1. The van der Waals surface area contributed by atoms with E-state index in [2.05, 4.69) is 15.8 Å². The number of nitrogens with zero attached hydrogens (tertiary/aromatic N) is 1. The van der Waals surface area contributed by atoms with Crippen LogP contribution < -0.4 is 15.6 Å². The minimum Gasteiger partial charge on any atom is -0.494 e. The maximum absolute atomic E-state index is 12.8. The zero-order valence-electron chi connectivity index (χ0n) is 12.7. The lowest BCUT2D eigenvalue weighted by Crippen LogP contribution is -2.30. The molecule has 3 aromatic rings. The predicted octanol–water partition coefficient (Wildman–Crippen LogP) is 3.68. The standard InChI is InChI=1S/C16H14FN3O2S2/c1-22-12-3-2-4-13-15(12)18-16(24-13)20-19-14(21)9-23-11-7-5-10(17)6-8-11/h2-8H,9H2,1H3,(H,18,20)(H,19,21). The van der Waals surface area contributed by atoms with Gasteiger partial charge in [-0.15, -0.1) is 11.8 Å².